The van der Waals surface area contributed by atoms with Crippen molar-refractivity contribution in [2.24, 2.45) is 4.99 Å². The second-order valence-corrected chi connectivity index (χ2v) is 4.48. The highest BCUT2D eigenvalue weighted by Gasteiger charge is 2.08. The minimum Gasteiger partial charge on any atom is -0.507 e. The zero-order valence-electron chi connectivity index (χ0n) is 11.2. The summed E-state index contributed by atoms with van der Waals surface area (Å²) in [6.45, 7) is 3.94. The van der Waals surface area contributed by atoms with E-state index < -0.39 is 4.92 Å². The molecule has 0 radical (unpaired) electrons. The molecule has 0 aromatic heterocycles. The van der Waals surface area contributed by atoms with E-state index >= 15 is 0 Å². The summed E-state index contributed by atoms with van der Waals surface area (Å²) in [5.41, 5.74) is 3.16. The summed E-state index contributed by atoms with van der Waals surface area (Å²) in [6.07, 6.45) is 1.43. The number of phenols is 1. The number of aromatic hydroxyl groups is 1. The molecule has 0 unspecified atom stereocenters. The molecule has 102 valence electrons. The molecule has 0 saturated carbocycles. The molecule has 0 fully saturated rings. The van der Waals surface area contributed by atoms with Crippen LogP contribution in [0, 0.1) is 24.0 Å². The third-order valence-corrected chi connectivity index (χ3v) is 3.14. The Morgan fingerprint density at radius 1 is 1.25 bits per heavy atom. The Morgan fingerprint density at radius 3 is 2.70 bits per heavy atom. The van der Waals surface area contributed by atoms with Crippen LogP contribution in [0.2, 0.25) is 0 Å². The van der Waals surface area contributed by atoms with Gasteiger partial charge in [0.15, 0.2) is 0 Å². The Morgan fingerprint density at radius 2 is 2.00 bits per heavy atom. The van der Waals surface area contributed by atoms with Crippen LogP contribution in [0.25, 0.3) is 0 Å². The molecule has 2 aromatic carbocycles. The van der Waals surface area contributed by atoms with E-state index in [1.807, 2.05) is 32.0 Å². The van der Waals surface area contributed by atoms with E-state index in [-0.39, 0.29) is 11.4 Å². The molecule has 2 aromatic rings. The third kappa shape index (κ3) is 2.83. The molecule has 5 heteroatoms. The van der Waals surface area contributed by atoms with Crippen LogP contribution in [-0.4, -0.2) is 16.2 Å². The maximum absolute atomic E-state index is 10.7. The van der Waals surface area contributed by atoms with Crippen molar-refractivity contribution in [1.82, 2.24) is 0 Å². The highest BCUT2D eigenvalue weighted by molar-refractivity contribution is 5.86. The first kappa shape index (κ1) is 13.7. The lowest BCUT2D eigenvalue weighted by Crippen LogP contribution is -1.90. The fourth-order valence-electron chi connectivity index (χ4n) is 1.77. The van der Waals surface area contributed by atoms with Gasteiger partial charge in [0.05, 0.1) is 10.6 Å². The summed E-state index contributed by atoms with van der Waals surface area (Å²) >= 11 is 0. The lowest BCUT2D eigenvalue weighted by atomic mass is 10.1. The van der Waals surface area contributed by atoms with Gasteiger partial charge in [-0.3, -0.25) is 15.1 Å². The summed E-state index contributed by atoms with van der Waals surface area (Å²) in [4.78, 5) is 14.5. The van der Waals surface area contributed by atoms with Crippen LogP contribution < -0.4 is 0 Å². The zero-order chi connectivity index (χ0) is 14.7. The monoisotopic (exact) mass is 270 g/mol. The third-order valence-electron chi connectivity index (χ3n) is 3.14. The summed E-state index contributed by atoms with van der Waals surface area (Å²) in [5.74, 6) is -0.0374. The normalized spacial score (nSPS) is 10.9. The highest BCUT2D eigenvalue weighted by Crippen LogP contribution is 2.24. The van der Waals surface area contributed by atoms with Crippen molar-refractivity contribution in [2.45, 2.75) is 13.8 Å². The number of non-ortho nitro benzene ring substituents is 1. The van der Waals surface area contributed by atoms with Gasteiger partial charge < -0.3 is 5.11 Å². The maximum atomic E-state index is 10.7. The van der Waals surface area contributed by atoms with Gasteiger partial charge >= 0.3 is 0 Å². The van der Waals surface area contributed by atoms with Gasteiger partial charge in [-0.25, -0.2) is 0 Å². The van der Waals surface area contributed by atoms with Crippen molar-refractivity contribution in [2.75, 3.05) is 0 Å². The average molecular weight is 270 g/mol. The number of benzene rings is 2. The molecule has 0 aliphatic heterocycles. The van der Waals surface area contributed by atoms with Gasteiger partial charge in [-0.2, -0.15) is 0 Å². The molecule has 0 saturated heterocycles. The van der Waals surface area contributed by atoms with Crippen molar-refractivity contribution < 1.29 is 10.0 Å². The summed E-state index contributed by atoms with van der Waals surface area (Å²) in [7, 11) is 0. The largest absolute Gasteiger partial charge is 0.507 e. The van der Waals surface area contributed by atoms with Crippen molar-refractivity contribution in [1.29, 1.82) is 0 Å². The molecule has 0 atom stereocenters. The lowest BCUT2D eigenvalue weighted by molar-refractivity contribution is -0.384. The van der Waals surface area contributed by atoms with Crippen LogP contribution in [0.4, 0.5) is 11.4 Å². The Labute approximate surface area is 116 Å². The van der Waals surface area contributed by atoms with Crippen LogP contribution in [0.5, 0.6) is 5.75 Å². The highest BCUT2D eigenvalue weighted by atomic mass is 16.6. The van der Waals surface area contributed by atoms with Crippen LogP contribution in [-0.2, 0) is 0 Å². The standard InChI is InChI=1S/C15H14N2O3/c1-10-4-3-5-14(11(10)2)16-9-12-8-13(17(19)20)6-7-15(12)18/h3-9,18H,1-2H3. The topological polar surface area (TPSA) is 75.7 Å². The molecule has 5 nitrogen and oxygen atoms in total. The van der Waals surface area contributed by atoms with Gasteiger partial charge in [0.25, 0.3) is 5.69 Å². The number of nitro groups is 1. The summed E-state index contributed by atoms with van der Waals surface area (Å²) in [5, 5.41) is 20.4. The Hall–Kier alpha value is -2.69. The number of nitro benzene ring substituents is 1. The van der Waals surface area contributed by atoms with Gasteiger partial charge in [-0.1, -0.05) is 12.1 Å². The van der Waals surface area contributed by atoms with E-state index in [1.165, 1.54) is 24.4 Å². The SMILES string of the molecule is Cc1cccc(N=Cc2cc([N+](=O)[O-])ccc2O)c1C. The number of hydrogen-bond acceptors (Lipinski definition) is 4. The lowest BCUT2D eigenvalue weighted by Gasteiger charge is -2.03. The number of nitrogens with zero attached hydrogens (tertiary/aromatic N) is 2. The predicted molar refractivity (Wildman–Crippen MR) is 77.9 cm³/mol. The fourth-order valence-corrected chi connectivity index (χ4v) is 1.77. The molecule has 0 aliphatic rings. The molecular weight excluding hydrogens is 256 g/mol. The number of aryl methyl sites for hydroxylation is 1. The van der Waals surface area contributed by atoms with Gasteiger partial charge in [-0.05, 0) is 37.1 Å². The van der Waals surface area contributed by atoms with Crippen LogP contribution >= 0.6 is 0 Å². The van der Waals surface area contributed by atoms with Crippen molar-refractivity contribution in [3.05, 3.63) is 63.2 Å². The van der Waals surface area contributed by atoms with E-state index in [9.17, 15) is 15.2 Å². The van der Waals surface area contributed by atoms with Crippen LogP contribution in [0.1, 0.15) is 16.7 Å². The first-order chi connectivity index (χ1) is 9.49. The van der Waals surface area contributed by atoms with Crippen molar-refractivity contribution in [3.63, 3.8) is 0 Å². The molecule has 0 bridgehead atoms. The van der Waals surface area contributed by atoms with Gasteiger partial charge in [0, 0.05) is 23.9 Å². The average Bonchev–Trinajstić information content (AvgIpc) is 2.41. The number of hydrogen-bond donors (Lipinski definition) is 1. The molecule has 0 spiro atoms. The first-order valence-corrected chi connectivity index (χ1v) is 6.06. The Balaban J connectivity index is 2.38. The van der Waals surface area contributed by atoms with E-state index in [2.05, 4.69) is 4.99 Å². The predicted octanol–water partition coefficient (Wildman–Crippen LogP) is 3.67. The smallest absolute Gasteiger partial charge is 0.270 e. The Kier molecular flexibility index (Phi) is 3.79. The molecule has 0 aliphatic carbocycles. The van der Waals surface area contributed by atoms with E-state index in [1.54, 1.807) is 0 Å². The molecular formula is C15H14N2O3. The number of rotatable bonds is 3. The van der Waals surface area contributed by atoms with Crippen molar-refractivity contribution >= 4 is 17.6 Å². The first-order valence-electron chi connectivity index (χ1n) is 6.06. The number of aliphatic imine (C=N–C) groups is 1. The van der Waals surface area contributed by atoms with Crippen LogP contribution in [0.15, 0.2) is 41.4 Å². The van der Waals surface area contributed by atoms with Gasteiger partial charge in [-0.15, -0.1) is 0 Å². The minimum absolute atomic E-state index is 0.0374. The summed E-state index contributed by atoms with van der Waals surface area (Å²) < 4.78 is 0. The Bertz CT molecular complexity index is 694. The number of phenolic OH excluding ortho intramolecular Hbond substituents is 1. The van der Waals surface area contributed by atoms with E-state index in [0.717, 1.165) is 16.8 Å². The molecule has 0 amide bonds. The van der Waals surface area contributed by atoms with Gasteiger partial charge in [0.1, 0.15) is 5.75 Å². The van der Waals surface area contributed by atoms with E-state index in [0.29, 0.717) is 5.56 Å². The second-order valence-electron chi connectivity index (χ2n) is 4.48. The van der Waals surface area contributed by atoms with E-state index in [4.69, 9.17) is 0 Å². The zero-order valence-corrected chi connectivity index (χ0v) is 11.2. The van der Waals surface area contributed by atoms with Crippen molar-refractivity contribution in [3.8, 4) is 5.75 Å². The van der Waals surface area contributed by atoms with Crippen LogP contribution in [0.3, 0.4) is 0 Å². The molecule has 1 N–H and O–H groups in total. The molecule has 20 heavy (non-hydrogen) atoms. The molecule has 0 heterocycles. The quantitative estimate of drug-likeness (QED) is 0.525. The van der Waals surface area contributed by atoms with Gasteiger partial charge in [0.2, 0.25) is 0 Å². The second kappa shape index (κ2) is 5.52. The fraction of sp³-hybridized carbons (Fsp3) is 0.133. The minimum atomic E-state index is -0.505. The molecule has 2 rings (SSSR count). The maximum Gasteiger partial charge on any atom is 0.270 e. The summed E-state index contributed by atoms with van der Waals surface area (Å²) in [6, 6.07) is 9.58.